The fourth-order valence-corrected chi connectivity index (χ4v) is 1.35. The Labute approximate surface area is 79.4 Å². The van der Waals surface area contributed by atoms with E-state index in [4.69, 9.17) is 9.47 Å². The largest absolute Gasteiger partial charge is 0.353 e. The number of hydrogen-bond acceptors (Lipinski definition) is 3. The van der Waals surface area contributed by atoms with Gasteiger partial charge in [-0.15, -0.1) is 0 Å². The first-order valence-corrected chi connectivity index (χ1v) is 4.99. The normalized spacial score (nSPS) is 25.5. The lowest BCUT2D eigenvalue weighted by Crippen LogP contribution is -2.24. The molecule has 0 bridgehead atoms. The Hall–Kier alpha value is -0.410. The molecule has 0 N–H and O–H groups in total. The quantitative estimate of drug-likeness (QED) is 0.614. The number of carbonyl (C=O) groups excluding carboxylic acids is 1. The van der Waals surface area contributed by atoms with Crippen LogP contribution in [0.1, 0.15) is 32.6 Å². The summed E-state index contributed by atoms with van der Waals surface area (Å²) in [6, 6.07) is 0. The summed E-state index contributed by atoms with van der Waals surface area (Å²) in [7, 11) is 0. The molecule has 3 nitrogen and oxygen atoms in total. The van der Waals surface area contributed by atoms with E-state index in [2.05, 4.69) is 0 Å². The van der Waals surface area contributed by atoms with E-state index in [1.165, 1.54) is 6.42 Å². The van der Waals surface area contributed by atoms with Crippen LogP contribution in [-0.4, -0.2) is 25.8 Å². The van der Waals surface area contributed by atoms with Crippen molar-refractivity contribution in [1.82, 2.24) is 0 Å². The Morgan fingerprint density at radius 3 is 3.08 bits per heavy atom. The SMILES string of the molecule is C[C@H](CC=O)COC1CCCCO1. The van der Waals surface area contributed by atoms with Crippen LogP contribution >= 0.6 is 0 Å². The average Bonchev–Trinajstić information content (AvgIpc) is 2.17. The van der Waals surface area contributed by atoms with Gasteiger partial charge in [-0.2, -0.15) is 0 Å². The van der Waals surface area contributed by atoms with Gasteiger partial charge in [0.2, 0.25) is 0 Å². The van der Waals surface area contributed by atoms with E-state index in [9.17, 15) is 4.79 Å². The van der Waals surface area contributed by atoms with Gasteiger partial charge in [0.05, 0.1) is 6.61 Å². The molecule has 0 radical (unpaired) electrons. The molecule has 0 aliphatic carbocycles. The predicted octanol–water partition coefficient (Wildman–Crippen LogP) is 1.75. The van der Waals surface area contributed by atoms with Crippen LogP contribution < -0.4 is 0 Å². The maximum absolute atomic E-state index is 10.2. The summed E-state index contributed by atoms with van der Waals surface area (Å²) in [6.45, 7) is 3.45. The van der Waals surface area contributed by atoms with Crippen LogP contribution in [0.4, 0.5) is 0 Å². The third-order valence-electron chi connectivity index (χ3n) is 2.20. The molecule has 1 saturated heterocycles. The zero-order chi connectivity index (χ0) is 9.52. The van der Waals surface area contributed by atoms with Crippen molar-refractivity contribution < 1.29 is 14.3 Å². The van der Waals surface area contributed by atoms with Crippen molar-refractivity contribution in [2.75, 3.05) is 13.2 Å². The van der Waals surface area contributed by atoms with Crippen molar-refractivity contribution in [1.29, 1.82) is 0 Å². The summed E-state index contributed by atoms with van der Waals surface area (Å²) in [5, 5.41) is 0. The highest BCUT2D eigenvalue weighted by Crippen LogP contribution is 2.14. The van der Waals surface area contributed by atoms with E-state index in [0.29, 0.717) is 18.9 Å². The molecule has 76 valence electrons. The van der Waals surface area contributed by atoms with Gasteiger partial charge in [0.15, 0.2) is 6.29 Å². The molecular weight excluding hydrogens is 168 g/mol. The monoisotopic (exact) mass is 186 g/mol. The number of ether oxygens (including phenoxy) is 2. The summed E-state index contributed by atoms with van der Waals surface area (Å²) in [4.78, 5) is 10.2. The van der Waals surface area contributed by atoms with Crippen LogP contribution in [0.25, 0.3) is 0 Å². The second kappa shape index (κ2) is 6.11. The molecule has 1 unspecified atom stereocenters. The Balaban J connectivity index is 2.06. The van der Waals surface area contributed by atoms with Gasteiger partial charge in [0.1, 0.15) is 6.29 Å². The lowest BCUT2D eigenvalue weighted by molar-refractivity contribution is -0.168. The molecule has 2 atom stereocenters. The molecule has 0 aromatic heterocycles. The number of carbonyl (C=O) groups is 1. The summed E-state index contributed by atoms with van der Waals surface area (Å²) in [6.07, 6.45) is 4.81. The number of aldehydes is 1. The average molecular weight is 186 g/mol. The maximum Gasteiger partial charge on any atom is 0.157 e. The summed E-state index contributed by atoms with van der Waals surface area (Å²) in [5.41, 5.74) is 0. The van der Waals surface area contributed by atoms with E-state index < -0.39 is 0 Å². The Kier molecular flexibility index (Phi) is 5.01. The first-order chi connectivity index (χ1) is 6.33. The van der Waals surface area contributed by atoms with Gasteiger partial charge in [-0.1, -0.05) is 6.92 Å². The van der Waals surface area contributed by atoms with Gasteiger partial charge in [-0.25, -0.2) is 0 Å². The van der Waals surface area contributed by atoms with E-state index in [0.717, 1.165) is 25.7 Å². The molecule has 0 aromatic rings. The Morgan fingerprint density at radius 2 is 2.46 bits per heavy atom. The lowest BCUT2D eigenvalue weighted by atomic mass is 10.1. The molecule has 0 amide bonds. The Bertz CT molecular complexity index is 141. The lowest BCUT2D eigenvalue weighted by Gasteiger charge is -2.23. The smallest absolute Gasteiger partial charge is 0.157 e. The van der Waals surface area contributed by atoms with Crippen LogP contribution in [-0.2, 0) is 14.3 Å². The minimum absolute atomic E-state index is 0.0251. The van der Waals surface area contributed by atoms with Crippen molar-refractivity contribution in [3.8, 4) is 0 Å². The highest BCUT2D eigenvalue weighted by Gasteiger charge is 2.14. The summed E-state index contributed by atoms with van der Waals surface area (Å²) in [5.74, 6) is 0.308. The topological polar surface area (TPSA) is 35.5 Å². The first kappa shape index (κ1) is 10.7. The van der Waals surface area contributed by atoms with Crippen LogP contribution in [0.2, 0.25) is 0 Å². The van der Waals surface area contributed by atoms with E-state index in [1.807, 2.05) is 6.92 Å². The number of rotatable bonds is 5. The van der Waals surface area contributed by atoms with E-state index in [1.54, 1.807) is 0 Å². The number of hydrogen-bond donors (Lipinski definition) is 0. The fourth-order valence-electron chi connectivity index (χ4n) is 1.35. The molecule has 0 aromatic carbocycles. The van der Waals surface area contributed by atoms with Crippen molar-refractivity contribution in [2.45, 2.75) is 38.9 Å². The molecular formula is C10H18O3. The van der Waals surface area contributed by atoms with Crippen molar-refractivity contribution >= 4 is 6.29 Å². The van der Waals surface area contributed by atoms with E-state index in [-0.39, 0.29) is 6.29 Å². The fraction of sp³-hybridized carbons (Fsp3) is 0.900. The zero-order valence-corrected chi connectivity index (χ0v) is 8.20. The molecule has 3 heteroatoms. The van der Waals surface area contributed by atoms with Crippen LogP contribution in [0.5, 0.6) is 0 Å². The molecule has 1 heterocycles. The molecule has 1 rings (SSSR count). The highest BCUT2D eigenvalue weighted by molar-refractivity contribution is 5.49. The molecule has 0 saturated carbocycles. The maximum atomic E-state index is 10.2. The van der Waals surface area contributed by atoms with Gasteiger partial charge in [-0.05, 0) is 25.2 Å². The van der Waals surface area contributed by atoms with Gasteiger partial charge in [0.25, 0.3) is 0 Å². The van der Waals surface area contributed by atoms with Crippen molar-refractivity contribution in [3.63, 3.8) is 0 Å². The van der Waals surface area contributed by atoms with Gasteiger partial charge < -0.3 is 14.3 Å². The third kappa shape index (κ3) is 4.39. The van der Waals surface area contributed by atoms with Gasteiger partial charge in [0, 0.05) is 13.0 Å². The van der Waals surface area contributed by atoms with Crippen molar-refractivity contribution in [3.05, 3.63) is 0 Å². The minimum Gasteiger partial charge on any atom is -0.353 e. The van der Waals surface area contributed by atoms with E-state index >= 15 is 0 Å². The summed E-state index contributed by atoms with van der Waals surface area (Å²) >= 11 is 0. The van der Waals surface area contributed by atoms with Crippen LogP contribution in [0, 0.1) is 5.92 Å². The molecule has 1 aliphatic heterocycles. The minimum atomic E-state index is -0.0251. The van der Waals surface area contributed by atoms with Gasteiger partial charge in [-0.3, -0.25) is 0 Å². The third-order valence-corrected chi connectivity index (χ3v) is 2.20. The standard InChI is InChI=1S/C10H18O3/c1-9(5-6-11)8-13-10-4-2-3-7-12-10/h6,9-10H,2-5,7-8H2,1H3/t9-,10?/m1/s1. The Morgan fingerprint density at radius 1 is 1.62 bits per heavy atom. The van der Waals surface area contributed by atoms with Crippen LogP contribution in [0.3, 0.4) is 0 Å². The molecule has 1 fully saturated rings. The molecule has 0 spiro atoms. The van der Waals surface area contributed by atoms with Crippen LogP contribution in [0.15, 0.2) is 0 Å². The highest BCUT2D eigenvalue weighted by atomic mass is 16.7. The predicted molar refractivity (Wildman–Crippen MR) is 49.4 cm³/mol. The second-order valence-electron chi connectivity index (χ2n) is 3.64. The summed E-state index contributed by atoms with van der Waals surface area (Å²) < 4.78 is 10.9. The first-order valence-electron chi connectivity index (χ1n) is 4.99. The molecule has 1 aliphatic rings. The van der Waals surface area contributed by atoms with Crippen molar-refractivity contribution in [2.24, 2.45) is 5.92 Å². The van der Waals surface area contributed by atoms with Gasteiger partial charge >= 0.3 is 0 Å². The second-order valence-corrected chi connectivity index (χ2v) is 3.64. The molecule has 13 heavy (non-hydrogen) atoms. The zero-order valence-electron chi connectivity index (χ0n) is 8.20.